The molecular formula is C24H25ClN6O3. The van der Waals surface area contributed by atoms with Crippen molar-refractivity contribution in [1.82, 2.24) is 20.2 Å². The maximum absolute atomic E-state index is 12.5. The third-order valence-electron chi connectivity index (χ3n) is 5.28. The number of carbonyl (C=O) groups excluding carboxylic acids is 2. The van der Waals surface area contributed by atoms with Gasteiger partial charge >= 0.3 is 6.03 Å². The molecule has 34 heavy (non-hydrogen) atoms. The minimum Gasteiger partial charge on any atom is -0.454 e. The summed E-state index contributed by atoms with van der Waals surface area (Å²) in [6.07, 6.45) is 3.63. The highest BCUT2D eigenvalue weighted by Crippen LogP contribution is 2.33. The van der Waals surface area contributed by atoms with Gasteiger partial charge in [-0.3, -0.25) is 4.79 Å². The number of nitrogens with zero attached hydrogens (tertiary/aromatic N) is 4. The minimum absolute atomic E-state index is 0.00335. The lowest BCUT2D eigenvalue weighted by molar-refractivity contribution is -0.131. The van der Waals surface area contributed by atoms with Crippen LogP contribution in [-0.4, -0.2) is 59.5 Å². The summed E-state index contributed by atoms with van der Waals surface area (Å²) in [5.41, 5.74) is 0.491. The van der Waals surface area contributed by atoms with Crippen LogP contribution in [0.1, 0.15) is 6.42 Å². The highest BCUT2D eigenvalue weighted by Gasteiger charge is 2.22. The number of ether oxygens (including phenoxy) is 1. The van der Waals surface area contributed by atoms with Crippen molar-refractivity contribution >= 4 is 35.2 Å². The van der Waals surface area contributed by atoms with Crippen LogP contribution in [0.2, 0.25) is 5.02 Å². The third-order valence-corrected chi connectivity index (χ3v) is 5.60. The second-order valence-electron chi connectivity index (χ2n) is 7.58. The van der Waals surface area contributed by atoms with Crippen LogP contribution in [0.5, 0.6) is 11.5 Å². The Bertz CT molecular complexity index is 1120. The molecule has 1 saturated heterocycles. The predicted octanol–water partition coefficient (Wildman–Crippen LogP) is 3.78. The number of anilines is 2. The molecule has 3 amide bonds. The largest absolute Gasteiger partial charge is 0.454 e. The van der Waals surface area contributed by atoms with E-state index in [9.17, 15) is 9.59 Å². The van der Waals surface area contributed by atoms with E-state index in [2.05, 4.69) is 25.5 Å². The normalized spacial score (nSPS) is 13.3. The lowest BCUT2D eigenvalue weighted by Gasteiger charge is -2.34. The summed E-state index contributed by atoms with van der Waals surface area (Å²) in [7, 11) is 0. The monoisotopic (exact) mass is 480 g/mol. The van der Waals surface area contributed by atoms with E-state index >= 15 is 0 Å². The zero-order valence-corrected chi connectivity index (χ0v) is 19.2. The molecule has 1 fully saturated rings. The van der Waals surface area contributed by atoms with Crippen molar-refractivity contribution in [1.29, 1.82) is 0 Å². The molecule has 0 bridgehead atoms. The molecule has 2 aromatic carbocycles. The Kier molecular flexibility index (Phi) is 7.77. The van der Waals surface area contributed by atoms with Crippen molar-refractivity contribution < 1.29 is 14.3 Å². The Morgan fingerprint density at radius 2 is 1.59 bits per heavy atom. The molecule has 4 rings (SSSR count). The summed E-state index contributed by atoms with van der Waals surface area (Å²) < 4.78 is 5.86. The van der Waals surface area contributed by atoms with E-state index in [0.717, 1.165) is 0 Å². The average Bonchev–Trinajstić information content (AvgIpc) is 2.87. The zero-order chi connectivity index (χ0) is 23.8. The van der Waals surface area contributed by atoms with Gasteiger partial charge < -0.3 is 25.2 Å². The van der Waals surface area contributed by atoms with E-state index < -0.39 is 6.03 Å². The van der Waals surface area contributed by atoms with Gasteiger partial charge in [0.05, 0.1) is 10.7 Å². The number of piperazine rings is 1. The van der Waals surface area contributed by atoms with E-state index in [0.29, 0.717) is 54.3 Å². The van der Waals surface area contributed by atoms with E-state index in [-0.39, 0.29) is 18.9 Å². The van der Waals surface area contributed by atoms with Crippen LogP contribution in [0.25, 0.3) is 0 Å². The maximum Gasteiger partial charge on any atom is 0.319 e. The van der Waals surface area contributed by atoms with Gasteiger partial charge in [0.15, 0.2) is 5.75 Å². The van der Waals surface area contributed by atoms with Crippen LogP contribution in [0, 0.1) is 0 Å². The van der Waals surface area contributed by atoms with Crippen LogP contribution in [0.3, 0.4) is 0 Å². The summed E-state index contributed by atoms with van der Waals surface area (Å²) in [4.78, 5) is 37.3. The minimum atomic E-state index is -0.422. The number of amides is 3. The Morgan fingerprint density at radius 1 is 0.912 bits per heavy atom. The lowest BCUT2D eigenvalue weighted by atomic mass is 10.2. The molecule has 176 valence electrons. The Hall–Kier alpha value is -3.85. The van der Waals surface area contributed by atoms with Crippen molar-refractivity contribution in [3.8, 4) is 11.5 Å². The molecule has 9 nitrogen and oxygen atoms in total. The molecule has 0 aliphatic carbocycles. The number of hydrogen-bond acceptors (Lipinski definition) is 6. The van der Waals surface area contributed by atoms with Gasteiger partial charge in [0.25, 0.3) is 0 Å². The summed E-state index contributed by atoms with van der Waals surface area (Å²) in [6, 6.07) is 15.5. The number of carbonyl (C=O) groups is 2. The van der Waals surface area contributed by atoms with Gasteiger partial charge in [0.2, 0.25) is 11.9 Å². The van der Waals surface area contributed by atoms with E-state index in [1.165, 1.54) is 0 Å². The van der Waals surface area contributed by atoms with E-state index in [1.54, 1.807) is 59.8 Å². The maximum atomic E-state index is 12.5. The summed E-state index contributed by atoms with van der Waals surface area (Å²) in [5.74, 6) is 1.62. The van der Waals surface area contributed by atoms with Gasteiger partial charge in [0, 0.05) is 51.5 Å². The molecule has 3 aromatic rings. The summed E-state index contributed by atoms with van der Waals surface area (Å²) >= 11 is 6.16. The first-order valence-corrected chi connectivity index (χ1v) is 11.3. The van der Waals surface area contributed by atoms with Crippen LogP contribution in [0.4, 0.5) is 16.4 Å². The first kappa shape index (κ1) is 23.3. The molecule has 0 saturated carbocycles. The topological polar surface area (TPSA) is 99.7 Å². The second kappa shape index (κ2) is 11.3. The number of benzene rings is 2. The molecule has 0 atom stereocenters. The molecule has 1 aliphatic rings. The van der Waals surface area contributed by atoms with E-state index in [4.69, 9.17) is 16.3 Å². The van der Waals surface area contributed by atoms with Gasteiger partial charge in [-0.2, -0.15) is 0 Å². The smallest absolute Gasteiger partial charge is 0.319 e. The average molecular weight is 481 g/mol. The number of aromatic nitrogens is 2. The standard InChI is InChI=1S/C24H25ClN6O3/c25-18-6-1-3-8-20(18)34-21-9-4-2-7-19(21)29-24(33)28-13-10-22(32)30-14-16-31(17-15-30)23-26-11-5-12-27-23/h1-9,11-12H,10,13-17H2,(H2,28,29,33). The zero-order valence-electron chi connectivity index (χ0n) is 18.5. The highest BCUT2D eigenvalue weighted by molar-refractivity contribution is 6.32. The fourth-order valence-electron chi connectivity index (χ4n) is 3.52. The fourth-order valence-corrected chi connectivity index (χ4v) is 3.70. The van der Waals surface area contributed by atoms with Crippen LogP contribution in [-0.2, 0) is 4.79 Å². The Balaban J connectivity index is 1.22. The van der Waals surface area contributed by atoms with Crippen molar-refractivity contribution in [3.63, 3.8) is 0 Å². The van der Waals surface area contributed by atoms with Gasteiger partial charge in [-0.25, -0.2) is 14.8 Å². The SMILES string of the molecule is O=C(NCCC(=O)N1CCN(c2ncccn2)CC1)Nc1ccccc1Oc1ccccc1Cl. The third kappa shape index (κ3) is 6.14. The van der Waals surface area contributed by atoms with Crippen molar-refractivity contribution in [3.05, 3.63) is 72.0 Å². The molecule has 1 aliphatic heterocycles. The fraction of sp³-hybridized carbons (Fsp3) is 0.250. The summed E-state index contributed by atoms with van der Waals surface area (Å²) in [6.45, 7) is 2.75. The highest BCUT2D eigenvalue weighted by atomic mass is 35.5. The van der Waals surface area contributed by atoms with Gasteiger partial charge in [-0.1, -0.05) is 35.9 Å². The number of halogens is 1. The molecule has 2 heterocycles. The molecular weight excluding hydrogens is 456 g/mol. The number of nitrogens with one attached hydrogen (secondary N) is 2. The van der Waals surface area contributed by atoms with Gasteiger partial charge in [-0.15, -0.1) is 0 Å². The van der Waals surface area contributed by atoms with Crippen molar-refractivity contribution in [2.24, 2.45) is 0 Å². The Morgan fingerprint density at radius 3 is 2.32 bits per heavy atom. The Labute approximate surface area is 202 Å². The number of urea groups is 1. The number of rotatable bonds is 7. The van der Waals surface area contributed by atoms with Gasteiger partial charge in [-0.05, 0) is 30.3 Å². The quantitative estimate of drug-likeness (QED) is 0.534. The molecule has 2 N–H and O–H groups in total. The lowest BCUT2D eigenvalue weighted by Crippen LogP contribution is -2.49. The first-order chi connectivity index (χ1) is 16.6. The van der Waals surface area contributed by atoms with Crippen LogP contribution < -0.4 is 20.3 Å². The van der Waals surface area contributed by atoms with Crippen LogP contribution >= 0.6 is 11.6 Å². The predicted molar refractivity (Wildman–Crippen MR) is 130 cm³/mol. The second-order valence-corrected chi connectivity index (χ2v) is 7.98. The molecule has 0 unspecified atom stereocenters. The van der Waals surface area contributed by atoms with Crippen molar-refractivity contribution in [2.45, 2.75) is 6.42 Å². The summed E-state index contributed by atoms with van der Waals surface area (Å²) in [5, 5.41) is 5.96. The van der Waals surface area contributed by atoms with Crippen molar-refractivity contribution in [2.75, 3.05) is 42.9 Å². The number of hydrogen-bond donors (Lipinski definition) is 2. The molecule has 0 radical (unpaired) electrons. The molecule has 1 aromatic heterocycles. The molecule has 10 heteroatoms. The van der Waals surface area contributed by atoms with E-state index in [1.807, 2.05) is 12.1 Å². The number of para-hydroxylation sites is 3. The molecule has 0 spiro atoms. The first-order valence-electron chi connectivity index (χ1n) is 11.0. The van der Waals surface area contributed by atoms with Crippen LogP contribution in [0.15, 0.2) is 67.0 Å². The van der Waals surface area contributed by atoms with Gasteiger partial charge in [0.1, 0.15) is 5.75 Å².